The van der Waals surface area contributed by atoms with Crippen LogP contribution in [0.4, 0.5) is 0 Å². The molecule has 1 saturated carbocycles. The number of primary sulfonamides is 1. The number of nitrogens with two attached hydrogens (primary N) is 1. The molecule has 0 radical (unpaired) electrons. The molecule has 2 rings (SSSR count). The molecule has 0 bridgehead atoms. The number of sulfonamides is 1. The van der Waals surface area contributed by atoms with Gasteiger partial charge in [-0.25, -0.2) is 13.6 Å². The van der Waals surface area contributed by atoms with Crippen molar-refractivity contribution in [2.45, 2.75) is 29.1 Å². The highest BCUT2D eigenvalue weighted by atomic mass is 32.2. The van der Waals surface area contributed by atoms with Crippen molar-refractivity contribution in [2.24, 2.45) is 10.6 Å². The van der Waals surface area contributed by atoms with E-state index in [1.54, 1.807) is 23.9 Å². The van der Waals surface area contributed by atoms with E-state index in [1.807, 2.05) is 0 Å². The number of hydrogen-bond acceptors (Lipinski definition) is 5. The third-order valence-corrected chi connectivity index (χ3v) is 5.69. The van der Waals surface area contributed by atoms with Gasteiger partial charge in [0, 0.05) is 10.6 Å². The van der Waals surface area contributed by atoms with E-state index in [1.165, 1.54) is 19.2 Å². The van der Waals surface area contributed by atoms with E-state index < -0.39 is 10.0 Å². The second-order valence-electron chi connectivity index (χ2n) is 5.06. The molecule has 0 aromatic heterocycles. The molecule has 0 atom stereocenters. The van der Waals surface area contributed by atoms with Crippen molar-refractivity contribution in [3.05, 3.63) is 24.3 Å². The number of methoxy groups -OCH3 is 1. The number of rotatable bonds is 6. The second-order valence-corrected chi connectivity index (χ2v) is 7.67. The minimum atomic E-state index is -3.64. The minimum absolute atomic E-state index is 0.0520. The zero-order chi connectivity index (χ0) is 14.8. The van der Waals surface area contributed by atoms with Gasteiger partial charge in [-0.3, -0.25) is 4.79 Å². The Morgan fingerprint density at radius 3 is 2.40 bits per heavy atom. The highest BCUT2D eigenvalue weighted by Crippen LogP contribution is 2.52. The molecule has 1 aromatic rings. The number of thioether (sulfide) groups is 1. The largest absolute Gasteiger partial charge is 0.469 e. The van der Waals surface area contributed by atoms with Crippen LogP contribution in [0, 0.1) is 5.41 Å². The molecular formula is C13H17NO4S2. The number of esters is 1. The molecule has 0 spiro atoms. The first-order valence-electron chi connectivity index (χ1n) is 6.17. The Kier molecular flexibility index (Phi) is 4.41. The summed E-state index contributed by atoms with van der Waals surface area (Å²) in [5, 5.41) is 5.04. The van der Waals surface area contributed by atoms with E-state index in [9.17, 15) is 13.2 Å². The van der Waals surface area contributed by atoms with Gasteiger partial charge in [-0.2, -0.15) is 0 Å². The maximum Gasteiger partial charge on any atom is 0.306 e. The summed E-state index contributed by atoms with van der Waals surface area (Å²) < 4.78 is 27.0. The molecule has 110 valence electrons. The molecule has 1 aliphatic rings. The van der Waals surface area contributed by atoms with Crippen LogP contribution >= 0.6 is 11.8 Å². The molecule has 0 heterocycles. The average molecular weight is 315 g/mol. The third-order valence-electron chi connectivity index (χ3n) is 3.40. The van der Waals surface area contributed by atoms with E-state index in [4.69, 9.17) is 9.88 Å². The number of ether oxygens (including phenoxy) is 1. The summed E-state index contributed by atoms with van der Waals surface area (Å²) in [4.78, 5) is 12.4. The average Bonchev–Trinajstić information content (AvgIpc) is 3.16. The summed E-state index contributed by atoms with van der Waals surface area (Å²) in [5.74, 6) is 0.657. The molecule has 1 aliphatic carbocycles. The van der Waals surface area contributed by atoms with Gasteiger partial charge in [0.1, 0.15) is 0 Å². The quantitative estimate of drug-likeness (QED) is 0.638. The van der Waals surface area contributed by atoms with Gasteiger partial charge in [0.25, 0.3) is 0 Å². The van der Waals surface area contributed by atoms with Crippen LogP contribution in [0.5, 0.6) is 0 Å². The van der Waals surface area contributed by atoms with E-state index in [0.29, 0.717) is 6.42 Å². The van der Waals surface area contributed by atoms with Crippen LogP contribution in [0.2, 0.25) is 0 Å². The molecule has 5 nitrogen and oxygen atoms in total. The van der Waals surface area contributed by atoms with Crippen LogP contribution < -0.4 is 5.14 Å². The molecule has 2 N–H and O–H groups in total. The molecule has 1 fully saturated rings. The van der Waals surface area contributed by atoms with Gasteiger partial charge in [0.2, 0.25) is 10.0 Å². The van der Waals surface area contributed by atoms with Crippen LogP contribution in [0.25, 0.3) is 0 Å². The first kappa shape index (κ1) is 15.3. The van der Waals surface area contributed by atoms with Gasteiger partial charge in [0.05, 0.1) is 18.4 Å². The summed E-state index contributed by atoms with van der Waals surface area (Å²) in [6, 6.07) is 6.46. The van der Waals surface area contributed by atoms with Crippen molar-refractivity contribution in [1.29, 1.82) is 0 Å². The maximum absolute atomic E-state index is 11.3. The first-order valence-corrected chi connectivity index (χ1v) is 8.70. The predicted molar refractivity (Wildman–Crippen MR) is 76.8 cm³/mol. The van der Waals surface area contributed by atoms with Gasteiger partial charge < -0.3 is 4.74 Å². The fraction of sp³-hybridized carbons (Fsp3) is 0.462. The number of carbonyl (C=O) groups is 1. The molecule has 7 heteroatoms. The van der Waals surface area contributed by atoms with E-state index >= 15 is 0 Å². The fourth-order valence-electron chi connectivity index (χ4n) is 1.89. The van der Waals surface area contributed by atoms with Crippen molar-refractivity contribution in [3.8, 4) is 0 Å². The molecular weight excluding hydrogens is 298 g/mol. The summed E-state index contributed by atoms with van der Waals surface area (Å²) in [5.41, 5.74) is 0.0520. The number of hydrogen-bond donors (Lipinski definition) is 1. The van der Waals surface area contributed by atoms with Gasteiger partial charge in [-0.05, 0) is 42.5 Å². The maximum atomic E-state index is 11.3. The fourth-order valence-corrected chi connectivity index (χ4v) is 3.60. The lowest BCUT2D eigenvalue weighted by Crippen LogP contribution is -2.13. The Hall–Kier alpha value is -1.05. The van der Waals surface area contributed by atoms with Crippen LogP contribution in [-0.2, 0) is 19.6 Å². The van der Waals surface area contributed by atoms with E-state index in [2.05, 4.69) is 0 Å². The second kappa shape index (κ2) is 5.75. The van der Waals surface area contributed by atoms with Crippen molar-refractivity contribution in [1.82, 2.24) is 0 Å². The highest BCUT2D eigenvalue weighted by molar-refractivity contribution is 7.99. The molecule has 0 saturated heterocycles. The SMILES string of the molecule is COC(=O)CC1(CSc2ccc(S(N)(=O)=O)cc2)CC1. The van der Waals surface area contributed by atoms with E-state index in [0.717, 1.165) is 23.5 Å². The van der Waals surface area contributed by atoms with Crippen LogP contribution in [0.15, 0.2) is 34.1 Å². The lowest BCUT2D eigenvalue weighted by molar-refractivity contribution is -0.141. The van der Waals surface area contributed by atoms with Gasteiger partial charge in [-0.1, -0.05) is 0 Å². The van der Waals surface area contributed by atoms with Gasteiger partial charge in [0.15, 0.2) is 0 Å². The summed E-state index contributed by atoms with van der Waals surface area (Å²) in [6.07, 6.45) is 2.51. The molecule has 20 heavy (non-hydrogen) atoms. The lowest BCUT2D eigenvalue weighted by atomic mass is 10.1. The van der Waals surface area contributed by atoms with Gasteiger partial charge in [-0.15, -0.1) is 11.8 Å². The highest BCUT2D eigenvalue weighted by Gasteiger charge is 2.44. The van der Waals surface area contributed by atoms with Crippen molar-refractivity contribution in [3.63, 3.8) is 0 Å². The monoisotopic (exact) mass is 315 g/mol. The third kappa shape index (κ3) is 3.97. The standard InChI is InChI=1S/C13H17NO4S2/c1-18-12(15)8-13(6-7-13)9-19-10-2-4-11(5-3-10)20(14,16)17/h2-5H,6-9H2,1H3,(H2,14,16,17). The Morgan fingerprint density at radius 2 is 1.95 bits per heavy atom. The summed E-state index contributed by atoms with van der Waals surface area (Å²) in [6.45, 7) is 0. The zero-order valence-electron chi connectivity index (χ0n) is 11.2. The topological polar surface area (TPSA) is 86.5 Å². The van der Waals surface area contributed by atoms with E-state index in [-0.39, 0.29) is 16.3 Å². The van der Waals surface area contributed by atoms with Crippen molar-refractivity contribution < 1.29 is 17.9 Å². The molecule has 0 unspecified atom stereocenters. The van der Waals surface area contributed by atoms with Crippen LogP contribution in [-0.4, -0.2) is 27.2 Å². The Balaban J connectivity index is 1.93. The van der Waals surface area contributed by atoms with Gasteiger partial charge >= 0.3 is 5.97 Å². The number of carbonyl (C=O) groups excluding carboxylic acids is 1. The molecule has 0 aliphatic heterocycles. The molecule has 1 aromatic carbocycles. The first-order chi connectivity index (χ1) is 9.35. The Bertz CT molecular complexity index is 591. The van der Waals surface area contributed by atoms with Crippen molar-refractivity contribution >= 4 is 27.8 Å². The summed E-state index contributed by atoms with van der Waals surface area (Å²) in [7, 11) is -2.24. The Labute approximate surface area is 122 Å². The lowest BCUT2D eigenvalue weighted by Gasteiger charge is -2.13. The predicted octanol–water partition coefficient (Wildman–Crippen LogP) is 1.77. The number of benzene rings is 1. The smallest absolute Gasteiger partial charge is 0.306 e. The zero-order valence-corrected chi connectivity index (χ0v) is 12.8. The van der Waals surface area contributed by atoms with Crippen LogP contribution in [0.3, 0.4) is 0 Å². The van der Waals surface area contributed by atoms with Crippen molar-refractivity contribution in [2.75, 3.05) is 12.9 Å². The Morgan fingerprint density at radius 1 is 1.35 bits per heavy atom. The van der Waals surface area contributed by atoms with Crippen LogP contribution in [0.1, 0.15) is 19.3 Å². The molecule has 0 amide bonds. The summed E-state index contributed by atoms with van der Waals surface area (Å²) >= 11 is 1.62. The minimum Gasteiger partial charge on any atom is -0.469 e. The normalized spacial score (nSPS) is 16.7.